The van der Waals surface area contributed by atoms with E-state index in [-0.39, 0.29) is 17.2 Å². The molecule has 0 spiro atoms. The summed E-state index contributed by atoms with van der Waals surface area (Å²) in [7, 11) is 0. The number of ether oxygens (including phenoxy) is 2. The summed E-state index contributed by atoms with van der Waals surface area (Å²) in [6, 6.07) is 15.5. The van der Waals surface area contributed by atoms with Gasteiger partial charge in [0, 0.05) is 20.3 Å². The molecule has 1 N–H and O–H groups in total. The van der Waals surface area contributed by atoms with Crippen LogP contribution in [0.5, 0.6) is 11.5 Å². The monoisotopic (exact) mass is 427 g/mol. The van der Waals surface area contributed by atoms with E-state index < -0.39 is 0 Å². The largest absolute Gasteiger partial charge is 0.493 e. The van der Waals surface area contributed by atoms with E-state index in [2.05, 4.69) is 10.4 Å². The van der Waals surface area contributed by atoms with Crippen molar-refractivity contribution in [3.63, 3.8) is 0 Å². The van der Waals surface area contributed by atoms with Crippen molar-refractivity contribution in [1.82, 2.24) is 10.3 Å². The summed E-state index contributed by atoms with van der Waals surface area (Å²) in [4.78, 5) is 23.2. The van der Waals surface area contributed by atoms with Crippen LogP contribution in [0.1, 0.15) is 36.8 Å². The van der Waals surface area contributed by atoms with Crippen LogP contribution in [-0.2, 0) is 9.59 Å². The molecule has 7 nitrogen and oxygen atoms in total. The summed E-state index contributed by atoms with van der Waals surface area (Å²) in [5.74, 6) is 1.20. The highest BCUT2D eigenvalue weighted by Gasteiger charge is 2.32. The van der Waals surface area contributed by atoms with Crippen molar-refractivity contribution < 1.29 is 19.1 Å². The van der Waals surface area contributed by atoms with E-state index >= 15 is 0 Å². The van der Waals surface area contributed by atoms with Crippen LogP contribution in [-0.4, -0.2) is 35.2 Å². The first-order chi connectivity index (χ1) is 14.4. The number of amides is 2. The summed E-state index contributed by atoms with van der Waals surface area (Å²) in [5, 5.41) is 8.30. The predicted molar refractivity (Wildman–Crippen MR) is 117 cm³/mol. The Morgan fingerprint density at radius 3 is 2.40 bits per heavy atom. The molecule has 0 saturated heterocycles. The fraction of sp³-hybridized carbons (Fsp3) is 0.318. The van der Waals surface area contributed by atoms with Gasteiger partial charge in [0.05, 0.1) is 13.2 Å². The zero-order valence-electron chi connectivity index (χ0n) is 17.3. The Labute approximate surface area is 180 Å². The first kappa shape index (κ1) is 21.7. The number of aryl methyl sites for hydroxylation is 1. The third-order valence-corrected chi connectivity index (χ3v) is 5.33. The molecule has 0 radical (unpaired) electrons. The molecule has 158 valence electrons. The van der Waals surface area contributed by atoms with Crippen LogP contribution in [0.4, 0.5) is 0 Å². The van der Waals surface area contributed by atoms with E-state index in [1.54, 1.807) is 0 Å². The number of hydrogen-bond acceptors (Lipinski definition) is 6. The molecule has 0 aliphatic carbocycles. The Kier molecular flexibility index (Phi) is 7.35. The van der Waals surface area contributed by atoms with E-state index in [0.29, 0.717) is 18.4 Å². The van der Waals surface area contributed by atoms with Gasteiger partial charge >= 0.3 is 0 Å². The maximum atomic E-state index is 11.9. The van der Waals surface area contributed by atoms with Crippen molar-refractivity contribution in [3.8, 4) is 11.5 Å². The van der Waals surface area contributed by atoms with Gasteiger partial charge in [-0.2, -0.15) is 0 Å². The van der Waals surface area contributed by atoms with Crippen molar-refractivity contribution in [2.24, 2.45) is 5.10 Å². The molecule has 2 aromatic rings. The number of thioether (sulfide) groups is 1. The predicted octanol–water partition coefficient (Wildman–Crippen LogP) is 3.84. The molecule has 0 bridgehead atoms. The van der Waals surface area contributed by atoms with Crippen LogP contribution in [0.3, 0.4) is 0 Å². The average molecular weight is 428 g/mol. The Bertz CT molecular complexity index is 930. The minimum atomic E-state index is -0.318. The van der Waals surface area contributed by atoms with Crippen LogP contribution in [0.25, 0.3) is 0 Å². The molecule has 1 aliphatic heterocycles. The second-order valence-corrected chi connectivity index (χ2v) is 7.93. The van der Waals surface area contributed by atoms with Gasteiger partial charge < -0.3 is 14.8 Å². The van der Waals surface area contributed by atoms with Crippen LogP contribution < -0.4 is 14.8 Å². The highest BCUT2D eigenvalue weighted by molar-refractivity contribution is 8.14. The SMILES string of the molecule is CC(=O)NC1=NN(C(C)=O)[C@H](c2ccc(OCCCOc3cccc(C)c3)cc2)S1. The summed E-state index contributed by atoms with van der Waals surface area (Å²) in [6.07, 6.45) is 0.764. The lowest BCUT2D eigenvalue weighted by atomic mass is 10.2. The van der Waals surface area contributed by atoms with Gasteiger partial charge in [0.2, 0.25) is 11.8 Å². The molecule has 2 aromatic carbocycles. The van der Waals surface area contributed by atoms with Crippen LogP contribution in [0, 0.1) is 6.92 Å². The molecule has 1 aliphatic rings. The summed E-state index contributed by atoms with van der Waals surface area (Å²) < 4.78 is 11.5. The second kappa shape index (κ2) is 10.2. The number of hydrogen-bond donors (Lipinski definition) is 1. The standard InChI is InChI=1S/C22H25N3O4S/c1-15-6-4-7-20(14-15)29-13-5-12-28-19-10-8-18(9-11-19)21-25(17(3)27)24-22(30-21)23-16(2)26/h4,6-11,14,21H,5,12-13H2,1-3H3,(H,23,24,26)/t21-/m0/s1. The Balaban J connectivity index is 1.48. The molecule has 30 heavy (non-hydrogen) atoms. The molecule has 0 unspecified atom stereocenters. The van der Waals surface area contributed by atoms with Crippen molar-refractivity contribution in [1.29, 1.82) is 0 Å². The number of nitrogens with zero attached hydrogens (tertiary/aromatic N) is 2. The van der Waals surface area contributed by atoms with Crippen LogP contribution in [0.15, 0.2) is 53.6 Å². The van der Waals surface area contributed by atoms with Gasteiger partial charge in [-0.25, -0.2) is 5.01 Å². The van der Waals surface area contributed by atoms with E-state index in [1.807, 2.05) is 55.5 Å². The van der Waals surface area contributed by atoms with Gasteiger partial charge in [0.15, 0.2) is 5.17 Å². The highest BCUT2D eigenvalue weighted by Crippen LogP contribution is 2.39. The van der Waals surface area contributed by atoms with Crippen molar-refractivity contribution in [2.45, 2.75) is 32.6 Å². The Morgan fingerprint density at radius 1 is 1.07 bits per heavy atom. The summed E-state index contributed by atoms with van der Waals surface area (Å²) in [6.45, 7) is 6.01. The zero-order chi connectivity index (χ0) is 21.5. The summed E-state index contributed by atoms with van der Waals surface area (Å²) >= 11 is 1.32. The molecule has 1 heterocycles. The van der Waals surface area contributed by atoms with E-state index in [9.17, 15) is 9.59 Å². The average Bonchev–Trinajstić information content (AvgIpc) is 3.12. The second-order valence-electron chi connectivity index (χ2n) is 6.86. The molecule has 0 aromatic heterocycles. The fourth-order valence-corrected chi connectivity index (χ4v) is 3.99. The lowest BCUT2D eigenvalue weighted by Gasteiger charge is -2.19. The lowest BCUT2D eigenvalue weighted by molar-refractivity contribution is -0.129. The molecular weight excluding hydrogens is 402 g/mol. The van der Waals surface area contributed by atoms with Gasteiger partial charge in [-0.05, 0) is 42.3 Å². The van der Waals surface area contributed by atoms with E-state index in [4.69, 9.17) is 9.47 Å². The van der Waals surface area contributed by atoms with Gasteiger partial charge in [0.1, 0.15) is 16.9 Å². The first-order valence-electron chi connectivity index (χ1n) is 9.67. The number of rotatable bonds is 7. The third-order valence-electron chi connectivity index (χ3n) is 4.23. The molecule has 8 heteroatoms. The number of amidine groups is 1. The number of benzene rings is 2. The first-order valence-corrected chi connectivity index (χ1v) is 10.6. The molecule has 1 atom stereocenters. The minimum absolute atomic E-state index is 0.193. The molecule has 3 rings (SSSR count). The Morgan fingerprint density at radius 2 is 1.77 bits per heavy atom. The molecule has 0 saturated carbocycles. The number of carbonyl (C=O) groups excluding carboxylic acids is 2. The van der Waals surface area contributed by atoms with Gasteiger partial charge in [-0.3, -0.25) is 9.59 Å². The van der Waals surface area contributed by atoms with Crippen molar-refractivity contribution in [3.05, 3.63) is 59.7 Å². The van der Waals surface area contributed by atoms with Crippen molar-refractivity contribution >= 4 is 28.7 Å². The molecular formula is C22H25N3O4S. The summed E-state index contributed by atoms with van der Waals surface area (Å²) in [5.41, 5.74) is 2.07. The van der Waals surface area contributed by atoms with Crippen LogP contribution in [0.2, 0.25) is 0 Å². The maximum Gasteiger partial charge on any atom is 0.241 e. The zero-order valence-corrected chi connectivity index (χ0v) is 18.1. The number of carbonyl (C=O) groups is 2. The highest BCUT2D eigenvalue weighted by atomic mass is 32.2. The van der Waals surface area contributed by atoms with Gasteiger partial charge in [-0.1, -0.05) is 36.0 Å². The quantitative estimate of drug-likeness (QED) is 0.679. The topological polar surface area (TPSA) is 80.2 Å². The fourth-order valence-electron chi connectivity index (χ4n) is 2.85. The number of nitrogens with one attached hydrogen (secondary N) is 1. The van der Waals surface area contributed by atoms with Gasteiger partial charge in [0.25, 0.3) is 0 Å². The number of hydrazone groups is 1. The van der Waals surface area contributed by atoms with Crippen LogP contribution >= 0.6 is 11.8 Å². The molecule has 2 amide bonds. The minimum Gasteiger partial charge on any atom is -0.493 e. The third kappa shape index (κ3) is 6.00. The smallest absolute Gasteiger partial charge is 0.241 e. The Hall–Kier alpha value is -3.00. The maximum absolute atomic E-state index is 11.9. The molecule has 0 fully saturated rings. The normalized spacial score (nSPS) is 15.5. The van der Waals surface area contributed by atoms with Gasteiger partial charge in [-0.15, -0.1) is 5.10 Å². The van der Waals surface area contributed by atoms with E-state index in [1.165, 1.54) is 36.2 Å². The lowest BCUT2D eigenvalue weighted by Crippen LogP contribution is -2.25. The van der Waals surface area contributed by atoms with Crippen molar-refractivity contribution in [2.75, 3.05) is 13.2 Å². The van der Waals surface area contributed by atoms with E-state index in [0.717, 1.165) is 23.5 Å².